The van der Waals surface area contributed by atoms with E-state index < -0.39 is 11.9 Å². The Morgan fingerprint density at radius 3 is 2.70 bits per heavy atom. The molecule has 4 aromatic rings. The molecule has 0 bridgehead atoms. The number of rotatable bonds is 5. The van der Waals surface area contributed by atoms with Crippen LogP contribution in [0.5, 0.6) is 0 Å². The van der Waals surface area contributed by atoms with Gasteiger partial charge in [-0.05, 0) is 36.0 Å². The highest BCUT2D eigenvalue weighted by Gasteiger charge is 2.34. The smallest absolute Gasteiger partial charge is 0.434 e. The van der Waals surface area contributed by atoms with E-state index in [1.165, 1.54) is 0 Å². The Kier molecular flexibility index (Phi) is 4.70. The Morgan fingerprint density at radius 2 is 2.04 bits per heavy atom. The van der Waals surface area contributed by atoms with Gasteiger partial charge < -0.3 is 4.42 Å². The summed E-state index contributed by atoms with van der Waals surface area (Å²) in [4.78, 5) is 7.90. The molecule has 0 N–H and O–H groups in total. The molecule has 0 amide bonds. The first-order valence-corrected chi connectivity index (χ1v) is 9.28. The number of pyridine rings is 1. The first-order valence-electron chi connectivity index (χ1n) is 7.58. The van der Waals surface area contributed by atoms with Crippen LogP contribution in [-0.2, 0) is 12.7 Å². The fourth-order valence-corrected chi connectivity index (χ4v) is 4.02. The molecule has 0 spiro atoms. The molecule has 4 aromatic heterocycles. The molecule has 11 heteroatoms. The van der Waals surface area contributed by atoms with Gasteiger partial charge in [0.1, 0.15) is 11.5 Å². The first-order chi connectivity index (χ1) is 13.0. The van der Waals surface area contributed by atoms with Gasteiger partial charge in [0.25, 0.3) is 0 Å². The lowest BCUT2D eigenvalue weighted by Crippen LogP contribution is -2.05. The molecule has 0 aliphatic rings. The van der Waals surface area contributed by atoms with E-state index in [9.17, 15) is 13.2 Å². The van der Waals surface area contributed by atoms with E-state index in [-0.39, 0.29) is 4.34 Å². The van der Waals surface area contributed by atoms with E-state index in [1.807, 2.05) is 6.07 Å². The molecule has 4 heterocycles. The number of thiazole rings is 1. The zero-order valence-corrected chi connectivity index (χ0v) is 15.1. The molecule has 0 saturated carbocycles. The number of nitrogens with zero attached hydrogens (tertiary/aromatic N) is 5. The Balaban J connectivity index is 1.70. The summed E-state index contributed by atoms with van der Waals surface area (Å²) < 4.78 is 45.7. The highest BCUT2D eigenvalue weighted by molar-refractivity contribution is 8.00. The van der Waals surface area contributed by atoms with E-state index in [0.717, 1.165) is 28.5 Å². The number of alkyl halides is 3. The van der Waals surface area contributed by atoms with Crippen molar-refractivity contribution < 1.29 is 17.6 Å². The maximum atomic E-state index is 12.8. The topological polar surface area (TPSA) is 69.6 Å². The number of hydrogen-bond acceptors (Lipinski definition) is 7. The lowest BCUT2D eigenvalue weighted by atomic mass is 10.3. The molecule has 0 fully saturated rings. The zero-order chi connectivity index (χ0) is 18.9. The van der Waals surface area contributed by atoms with Crippen molar-refractivity contribution in [2.75, 3.05) is 0 Å². The molecule has 6 nitrogen and oxygen atoms in total. The van der Waals surface area contributed by atoms with Crippen molar-refractivity contribution in [3.8, 4) is 11.5 Å². The number of halogens is 3. The molecule has 0 saturated heterocycles. The molecule has 0 aliphatic heterocycles. The van der Waals surface area contributed by atoms with Gasteiger partial charge in [0.05, 0.1) is 12.8 Å². The molecule has 0 aromatic carbocycles. The quantitative estimate of drug-likeness (QED) is 0.480. The van der Waals surface area contributed by atoms with E-state index in [0.29, 0.717) is 29.0 Å². The Hall–Kier alpha value is -2.66. The minimum absolute atomic E-state index is 0.225. The van der Waals surface area contributed by atoms with Gasteiger partial charge in [-0.25, -0.2) is 4.98 Å². The van der Waals surface area contributed by atoms with E-state index in [1.54, 1.807) is 41.3 Å². The second-order valence-electron chi connectivity index (χ2n) is 5.29. The van der Waals surface area contributed by atoms with E-state index in [4.69, 9.17) is 4.42 Å². The lowest BCUT2D eigenvalue weighted by Gasteiger charge is -2.07. The number of hydrogen-bond donors (Lipinski definition) is 0. The van der Waals surface area contributed by atoms with Crippen LogP contribution in [0.25, 0.3) is 11.5 Å². The van der Waals surface area contributed by atoms with Crippen molar-refractivity contribution in [1.82, 2.24) is 24.7 Å². The Morgan fingerprint density at radius 1 is 1.15 bits per heavy atom. The van der Waals surface area contributed by atoms with Gasteiger partial charge >= 0.3 is 6.18 Å². The third-order valence-corrected chi connectivity index (χ3v) is 5.38. The molecule has 0 aliphatic carbocycles. The second-order valence-corrected chi connectivity index (χ2v) is 7.36. The minimum Gasteiger partial charge on any atom is -0.467 e. The average Bonchev–Trinajstić information content (AvgIpc) is 3.38. The largest absolute Gasteiger partial charge is 0.467 e. The van der Waals surface area contributed by atoms with Crippen LogP contribution in [0.4, 0.5) is 13.2 Å². The summed E-state index contributed by atoms with van der Waals surface area (Å²) >= 11 is 1.92. The zero-order valence-electron chi connectivity index (χ0n) is 13.4. The standard InChI is InChI=1S/C16H10F3N5OS2/c17-16(18,19)12-9-26-15(21-12)27-14-23-22-13(11-5-1-2-6-20-11)24(14)8-10-4-3-7-25-10/h1-7,9H,8H2. The van der Waals surface area contributed by atoms with Crippen LogP contribution >= 0.6 is 23.1 Å². The van der Waals surface area contributed by atoms with Crippen LogP contribution in [0, 0.1) is 0 Å². The minimum atomic E-state index is -4.48. The Labute approximate surface area is 159 Å². The van der Waals surface area contributed by atoms with Crippen molar-refractivity contribution in [2.45, 2.75) is 22.2 Å². The molecular weight excluding hydrogens is 399 g/mol. The highest BCUT2D eigenvalue weighted by atomic mass is 32.2. The van der Waals surface area contributed by atoms with Crippen LogP contribution in [0.3, 0.4) is 0 Å². The first kappa shape index (κ1) is 17.7. The molecule has 138 valence electrons. The summed E-state index contributed by atoms with van der Waals surface area (Å²) in [7, 11) is 0. The molecule has 0 radical (unpaired) electrons. The predicted octanol–water partition coefficient (Wildman–Crippen LogP) is 4.61. The summed E-state index contributed by atoms with van der Waals surface area (Å²) in [6.07, 6.45) is -1.30. The normalized spacial score (nSPS) is 11.8. The van der Waals surface area contributed by atoms with Crippen LogP contribution in [0.15, 0.2) is 62.1 Å². The number of aromatic nitrogens is 5. The fourth-order valence-electron chi connectivity index (χ4n) is 2.26. The molecule has 0 unspecified atom stereocenters. The second kappa shape index (κ2) is 7.16. The van der Waals surface area contributed by atoms with E-state index >= 15 is 0 Å². The Bertz CT molecular complexity index is 1030. The maximum Gasteiger partial charge on any atom is 0.434 e. The van der Waals surface area contributed by atoms with Crippen molar-refractivity contribution >= 4 is 23.1 Å². The predicted molar refractivity (Wildman–Crippen MR) is 92.3 cm³/mol. The lowest BCUT2D eigenvalue weighted by molar-refractivity contribution is -0.141. The van der Waals surface area contributed by atoms with Gasteiger partial charge in [0, 0.05) is 11.6 Å². The van der Waals surface area contributed by atoms with Crippen LogP contribution < -0.4 is 0 Å². The third kappa shape index (κ3) is 3.88. The van der Waals surface area contributed by atoms with Crippen LogP contribution in [-0.4, -0.2) is 24.7 Å². The summed E-state index contributed by atoms with van der Waals surface area (Å²) in [6, 6.07) is 8.92. The summed E-state index contributed by atoms with van der Waals surface area (Å²) in [5.74, 6) is 1.14. The van der Waals surface area contributed by atoms with Gasteiger partial charge in [-0.3, -0.25) is 9.55 Å². The summed E-state index contributed by atoms with van der Waals surface area (Å²) in [5, 5.41) is 9.66. The molecular formula is C16H10F3N5OS2. The average molecular weight is 409 g/mol. The van der Waals surface area contributed by atoms with Crippen molar-refractivity contribution in [3.63, 3.8) is 0 Å². The maximum absolute atomic E-state index is 12.8. The van der Waals surface area contributed by atoms with Gasteiger partial charge in [0.2, 0.25) is 0 Å². The SMILES string of the molecule is FC(F)(F)c1csc(Sc2nnc(-c3ccccn3)n2Cc2ccco2)n1. The van der Waals surface area contributed by atoms with Gasteiger partial charge in [-0.15, -0.1) is 21.5 Å². The molecule has 0 atom stereocenters. The number of furan rings is 1. The van der Waals surface area contributed by atoms with Gasteiger partial charge in [0.15, 0.2) is 21.0 Å². The summed E-state index contributed by atoms with van der Waals surface area (Å²) in [6.45, 7) is 0.311. The monoisotopic (exact) mass is 409 g/mol. The third-order valence-electron chi connectivity index (χ3n) is 3.46. The molecule has 4 rings (SSSR count). The van der Waals surface area contributed by atoms with Gasteiger partial charge in [-0.1, -0.05) is 6.07 Å². The highest BCUT2D eigenvalue weighted by Crippen LogP contribution is 2.36. The fraction of sp³-hybridized carbons (Fsp3) is 0.125. The van der Waals surface area contributed by atoms with Crippen molar-refractivity contribution in [2.24, 2.45) is 0 Å². The van der Waals surface area contributed by atoms with Crippen LogP contribution in [0.2, 0.25) is 0 Å². The van der Waals surface area contributed by atoms with Gasteiger partial charge in [-0.2, -0.15) is 13.2 Å². The molecule has 27 heavy (non-hydrogen) atoms. The summed E-state index contributed by atoms with van der Waals surface area (Å²) in [5.41, 5.74) is -0.324. The van der Waals surface area contributed by atoms with Crippen LogP contribution in [0.1, 0.15) is 11.5 Å². The van der Waals surface area contributed by atoms with E-state index in [2.05, 4.69) is 20.2 Å². The van der Waals surface area contributed by atoms with Crippen molar-refractivity contribution in [3.05, 3.63) is 59.6 Å². The van der Waals surface area contributed by atoms with Crippen molar-refractivity contribution in [1.29, 1.82) is 0 Å².